The summed E-state index contributed by atoms with van der Waals surface area (Å²) < 4.78 is 5.17. The van der Waals surface area contributed by atoms with Gasteiger partial charge in [-0.3, -0.25) is 4.79 Å². The Morgan fingerprint density at radius 2 is 2.17 bits per heavy atom. The summed E-state index contributed by atoms with van der Waals surface area (Å²) >= 11 is 0. The van der Waals surface area contributed by atoms with Crippen LogP contribution in [-0.4, -0.2) is 60.6 Å². The number of carbonyl (C=O) groups is 1. The summed E-state index contributed by atoms with van der Waals surface area (Å²) in [6.07, 6.45) is 2.26. The Morgan fingerprint density at radius 3 is 2.96 bits per heavy atom. The zero-order valence-electron chi connectivity index (χ0n) is 13.9. The van der Waals surface area contributed by atoms with Gasteiger partial charge in [-0.15, -0.1) is 0 Å². The Labute approximate surface area is 137 Å². The molecule has 0 bridgehead atoms. The molecule has 2 heterocycles. The largest absolute Gasteiger partial charge is 0.497 e. The Morgan fingerprint density at radius 1 is 1.35 bits per heavy atom. The Balaban J connectivity index is 1.68. The van der Waals surface area contributed by atoms with Crippen LogP contribution in [0.4, 0.5) is 0 Å². The lowest BCUT2D eigenvalue weighted by Gasteiger charge is -2.46. The van der Waals surface area contributed by atoms with Crippen molar-refractivity contribution in [2.45, 2.75) is 31.4 Å². The molecule has 3 atom stereocenters. The quantitative estimate of drug-likeness (QED) is 0.921. The molecule has 0 aliphatic carbocycles. The molecule has 126 valence electrons. The van der Waals surface area contributed by atoms with E-state index in [-0.39, 0.29) is 5.91 Å². The second-order valence-corrected chi connectivity index (χ2v) is 6.70. The molecule has 1 amide bonds. The van der Waals surface area contributed by atoms with Crippen molar-refractivity contribution in [3.05, 3.63) is 29.8 Å². The fourth-order valence-electron chi connectivity index (χ4n) is 3.98. The number of carbonyl (C=O) groups excluding carboxylic acids is 1. The van der Waals surface area contributed by atoms with Crippen molar-refractivity contribution >= 4 is 5.91 Å². The molecule has 2 aliphatic rings. The number of piperidine rings is 2. The zero-order chi connectivity index (χ0) is 16.4. The molecule has 1 aromatic carbocycles. The van der Waals surface area contributed by atoms with E-state index < -0.39 is 6.10 Å². The highest BCUT2D eigenvalue weighted by molar-refractivity contribution is 5.82. The van der Waals surface area contributed by atoms with Gasteiger partial charge in [0.2, 0.25) is 0 Å². The van der Waals surface area contributed by atoms with Gasteiger partial charge >= 0.3 is 0 Å². The van der Waals surface area contributed by atoms with Crippen LogP contribution in [-0.2, 0) is 4.79 Å². The molecule has 1 N–H and O–H groups in total. The highest BCUT2D eigenvalue weighted by Gasteiger charge is 2.37. The number of amides is 1. The van der Waals surface area contributed by atoms with E-state index in [0.717, 1.165) is 26.1 Å². The van der Waals surface area contributed by atoms with E-state index in [9.17, 15) is 9.90 Å². The smallest absolute Gasteiger partial charge is 0.256 e. The number of rotatable bonds is 3. The molecule has 0 spiro atoms. The van der Waals surface area contributed by atoms with Gasteiger partial charge in [0, 0.05) is 19.1 Å². The first-order valence-electron chi connectivity index (χ1n) is 8.41. The van der Waals surface area contributed by atoms with Crippen LogP contribution in [0.5, 0.6) is 5.75 Å². The zero-order valence-corrected chi connectivity index (χ0v) is 13.9. The number of aliphatic hydroxyl groups excluding tert-OH is 1. The van der Waals surface area contributed by atoms with E-state index in [1.807, 2.05) is 11.0 Å². The number of benzene rings is 1. The van der Waals surface area contributed by atoms with Gasteiger partial charge in [0.1, 0.15) is 5.75 Å². The third-order valence-electron chi connectivity index (χ3n) is 5.30. The molecular weight excluding hydrogens is 292 g/mol. The molecule has 5 nitrogen and oxygen atoms in total. The first-order chi connectivity index (χ1) is 11.1. The van der Waals surface area contributed by atoms with E-state index >= 15 is 0 Å². The van der Waals surface area contributed by atoms with E-state index in [1.165, 1.54) is 12.8 Å². The third kappa shape index (κ3) is 3.35. The maximum atomic E-state index is 12.7. The summed E-state index contributed by atoms with van der Waals surface area (Å²) in [6, 6.07) is 7.69. The fraction of sp³-hybridized carbons (Fsp3) is 0.611. The minimum atomic E-state index is -1.11. The summed E-state index contributed by atoms with van der Waals surface area (Å²) in [7, 11) is 3.76. The molecule has 3 unspecified atom stereocenters. The van der Waals surface area contributed by atoms with Crippen LogP contribution < -0.4 is 4.74 Å². The number of hydrogen-bond donors (Lipinski definition) is 1. The van der Waals surface area contributed by atoms with Crippen molar-refractivity contribution in [1.29, 1.82) is 0 Å². The molecule has 2 fully saturated rings. The average molecular weight is 318 g/mol. The van der Waals surface area contributed by atoms with Crippen LogP contribution in [0.25, 0.3) is 0 Å². The van der Waals surface area contributed by atoms with Crippen LogP contribution in [0, 0.1) is 5.92 Å². The van der Waals surface area contributed by atoms with Gasteiger partial charge in [-0.1, -0.05) is 12.1 Å². The molecule has 0 aromatic heterocycles. The van der Waals surface area contributed by atoms with E-state index in [0.29, 0.717) is 23.3 Å². The standard InChI is InChI=1S/C18H26N2O3/c1-19-9-4-6-14-12-20(10-8-16(14)19)18(22)17(21)13-5-3-7-15(11-13)23-2/h3,5,7,11,14,16-17,21H,4,6,8-10,12H2,1-2H3. The van der Waals surface area contributed by atoms with E-state index in [1.54, 1.807) is 25.3 Å². The van der Waals surface area contributed by atoms with Crippen LogP contribution >= 0.6 is 0 Å². The molecule has 2 saturated heterocycles. The minimum absolute atomic E-state index is 0.190. The highest BCUT2D eigenvalue weighted by Crippen LogP contribution is 2.31. The number of hydrogen-bond acceptors (Lipinski definition) is 4. The van der Waals surface area contributed by atoms with E-state index in [2.05, 4.69) is 11.9 Å². The van der Waals surface area contributed by atoms with Gasteiger partial charge in [0.05, 0.1) is 7.11 Å². The summed E-state index contributed by atoms with van der Waals surface area (Å²) in [5, 5.41) is 10.5. The summed E-state index contributed by atoms with van der Waals surface area (Å²) in [5.41, 5.74) is 0.595. The second-order valence-electron chi connectivity index (χ2n) is 6.70. The lowest BCUT2D eigenvalue weighted by molar-refractivity contribution is -0.144. The highest BCUT2D eigenvalue weighted by atomic mass is 16.5. The number of methoxy groups -OCH3 is 1. The minimum Gasteiger partial charge on any atom is -0.497 e. The van der Waals surface area contributed by atoms with Gasteiger partial charge in [0.15, 0.2) is 6.10 Å². The monoisotopic (exact) mass is 318 g/mol. The number of nitrogens with zero attached hydrogens (tertiary/aromatic N) is 2. The average Bonchev–Trinajstić information content (AvgIpc) is 2.60. The predicted octanol–water partition coefficient (Wildman–Crippen LogP) is 1.67. The lowest BCUT2D eigenvalue weighted by Crippen LogP contribution is -2.54. The fourth-order valence-corrected chi connectivity index (χ4v) is 3.98. The van der Waals surface area contributed by atoms with Crippen molar-refractivity contribution in [2.75, 3.05) is 33.8 Å². The van der Waals surface area contributed by atoms with Gasteiger partial charge in [-0.2, -0.15) is 0 Å². The molecule has 0 saturated carbocycles. The van der Waals surface area contributed by atoms with Gasteiger partial charge in [-0.05, 0) is 56.5 Å². The van der Waals surface area contributed by atoms with Crippen molar-refractivity contribution in [3.8, 4) is 5.75 Å². The molecule has 3 rings (SSSR count). The Kier molecular flexibility index (Phi) is 4.87. The topological polar surface area (TPSA) is 53.0 Å². The first kappa shape index (κ1) is 16.3. The lowest BCUT2D eigenvalue weighted by atomic mass is 9.84. The summed E-state index contributed by atoms with van der Waals surface area (Å²) in [6.45, 7) is 2.64. The van der Waals surface area contributed by atoms with Crippen LogP contribution in [0.1, 0.15) is 30.9 Å². The van der Waals surface area contributed by atoms with Gasteiger partial charge in [-0.25, -0.2) is 0 Å². The van der Waals surface area contributed by atoms with Crippen molar-refractivity contribution < 1.29 is 14.6 Å². The first-order valence-corrected chi connectivity index (χ1v) is 8.41. The number of fused-ring (bicyclic) bond motifs is 1. The normalized spacial score (nSPS) is 26.5. The number of aliphatic hydroxyl groups is 1. The molecular formula is C18H26N2O3. The molecule has 5 heteroatoms. The molecule has 0 radical (unpaired) electrons. The van der Waals surface area contributed by atoms with Crippen LogP contribution in [0.2, 0.25) is 0 Å². The third-order valence-corrected chi connectivity index (χ3v) is 5.30. The molecule has 1 aromatic rings. The van der Waals surface area contributed by atoms with Gasteiger partial charge < -0.3 is 19.6 Å². The Bertz CT molecular complexity index is 563. The van der Waals surface area contributed by atoms with Gasteiger partial charge in [0.25, 0.3) is 5.91 Å². The maximum absolute atomic E-state index is 12.7. The Hall–Kier alpha value is -1.59. The van der Waals surface area contributed by atoms with Crippen molar-refractivity contribution in [1.82, 2.24) is 9.80 Å². The SMILES string of the molecule is COc1cccc(C(O)C(=O)N2CCC3C(CCCN3C)C2)c1. The van der Waals surface area contributed by atoms with Crippen LogP contribution in [0.3, 0.4) is 0 Å². The number of ether oxygens (including phenoxy) is 1. The van der Waals surface area contributed by atoms with Crippen molar-refractivity contribution in [3.63, 3.8) is 0 Å². The summed E-state index contributed by atoms with van der Waals surface area (Å²) in [5.74, 6) is 0.996. The number of likely N-dealkylation sites (tertiary alicyclic amines) is 2. The predicted molar refractivity (Wildman–Crippen MR) is 88.3 cm³/mol. The van der Waals surface area contributed by atoms with Crippen LogP contribution in [0.15, 0.2) is 24.3 Å². The summed E-state index contributed by atoms with van der Waals surface area (Å²) in [4.78, 5) is 16.9. The second kappa shape index (κ2) is 6.89. The maximum Gasteiger partial charge on any atom is 0.256 e. The van der Waals surface area contributed by atoms with Crippen molar-refractivity contribution in [2.24, 2.45) is 5.92 Å². The molecule has 2 aliphatic heterocycles. The molecule has 23 heavy (non-hydrogen) atoms. The van der Waals surface area contributed by atoms with E-state index in [4.69, 9.17) is 4.74 Å².